The van der Waals surface area contributed by atoms with E-state index >= 15 is 0 Å². The van der Waals surface area contributed by atoms with Gasteiger partial charge in [0.05, 0.1) is 25.8 Å². The summed E-state index contributed by atoms with van der Waals surface area (Å²) in [5, 5.41) is 14.2. The zero-order valence-corrected chi connectivity index (χ0v) is 26.8. The van der Waals surface area contributed by atoms with Gasteiger partial charge in [0.15, 0.2) is 0 Å². The molecular weight excluding hydrogens is 622 g/mol. The number of aromatic nitrogens is 1. The number of amides is 4. The minimum absolute atomic E-state index is 0.152. The van der Waals surface area contributed by atoms with Crippen LogP contribution in [0.4, 0.5) is 10.5 Å². The highest BCUT2D eigenvalue weighted by molar-refractivity contribution is 6.34. The number of rotatable bonds is 11. The van der Waals surface area contributed by atoms with Crippen molar-refractivity contribution in [3.05, 3.63) is 106 Å². The van der Waals surface area contributed by atoms with E-state index in [4.69, 9.17) is 27.2 Å². The number of primary amides is 1. The number of carbonyl (C=O) groups excluding carboxylic acids is 3. The van der Waals surface area contributed by atoms with E-state index in [-0.39, 0.29) is 25.4 Å². The third-order valence-corrected chi connectivity index (χ3v) is 8.59. The van der Waals surface area contributed by atoms with Gasteiger partial charge in [0.2, 0.25) is 5.91 Å². The summed E-state index contributed by atoms with van der Waals surface area (Å²) < 4.78 is 7.63. The van der Waals surface area contributed by atoms with Gasteiger partial charge in [-0.05, 0) is 61.6 Å². The summed E-state index contributed by atoms with van der Waals surface area (Å²) in [5.41, 5.74) is 10.8. The van der Waals surface area contributed by atoms with Gasteiger partial charge >= 0.3 is 6.09 Å². The number of carbonyl (C=O) groups is 4. The third kappa shape index (κ3) is 7.10. The van der Waals surface area contributed by atoms with Gasteiger partial charge in [-0.25, -0.2) is 4.79 Å². The third-order valence-electron chi connectivity index (χ3n) is 8.29. The molecule has 0 saturated heterocycles. The average Bonchev–Trinajstić information content (AvgIpc) is 3.36. The van der Waals surface area contributed by atoms with E-state index in [9.17, 15) is 19.2 Å². The van der Waals surface area contributed by atoms with Crippen LogP contribution in [0.15, 0.2) is 72.8 Å². The number of anilines is 1. The Balaban J connectivity index is 1.44. The maximum atomic E-state index is 14.4. The van der Waals surface area contributed by atoms with Crippen LogP contribution in [0.2, 0.25) is 5.02 Å². The second kappa shape index (κ2) is 14.4. The zero-order valence-electron chi connectivity index (χ0n) is 26.1. The number of benzene rings is 3. The van der Waals surface area contributed by atoms with Gasteiger partial charge in [0.1, 0.15) is 17.5 Å². The predicted molar refractivity (Wildman–Crippen MR) is 179 cm³/mol. The second-order valence-corrected chi connectivity index (χ2v) is 11.7. The summed E-state index contributed by atoms with van der Waals surface area (Å²) in [6, 6.07) is 21.3. The van der Waals surface area contributed by atoms with Gasteiger partial charge in [0.25, 0.3) is 11.8 Å². The molecule has 0 spiro atoms. The molecule has 4 amide bonds. The topological polar surface area (TPSA) is 156 Å². The van der Waals surface area contributed by atoms with Crippen LogP contribution in [0, 0.1) is 6.92 Å². The number of halogens is 1. The van der Waals surface area contributed by atoms with Crippen LogP contribution in [0.25, 0.3) is 11.1 Å². The number of nitrogens with one attached hydrogen (secondary N) is 2. The van der Waals surface area contributed by atoms with Crippen LogP contribution in [-0.2, 0) is 17.9 Å². The van der Waals surface area contributed by atoms with E-state index in [2.05, 4.69) is 10.6 Å². The lowest BCUT2D eigenvalue weighted by Gasteiger charge is -2.25. The molecule has 4 aromatic rings. The first-order chi connectivity index (χ1) is 22.6. The standard InChI is InChI=1S/C35H36ClN5O6/c1-21-30(22-10-4-3-5-11-22)26(36)18-25(31(21)47-2)34(44)41-20-24-15-16-29(40(24)19-23-12-6-7-14-28(23)41)33(43)39-27(32(37)42)13-8-9-17-38-35(45)46/h3-7,10-12,14-16,18,27,38H,8-9,13,17,19-20H2,1-2H3,(H2,37,42)(H,39,43)(H,45,46)/t27-/m0/s1. The second-order valence-electron chi connectivity index (χ2n) is 11.3. The number of nitrogens with zero attached hydrogens (tertiary/aromatic N) is 2. The lowest BCUT2D eigenvalue weighted by molar-refractivity contribution is -0.120. The average molecular weight is 658 g/mol. The fourth-order valence-corrected chi connectivity index (χ4v) is 6.37. The largest absolute Gasteiger partial charge is 0.496 e. The molecule has 0 saturated carbocycles. The molecule has 1 aromatic heterocycles. The molecule has 11 nitrogen and oxygen atoms in total. The molecule has 5 rings (SSSR count). The van der Waals surface area contributed by atoms with E-state index < -0.39 is 23.9 Å². The molecule has 0 unspecified atom stereocenters. The summed E-state index contributed by atoms with van der Waals surface area (Å²) >= 11 is 6.82. The summed E-state index contributed by atoms with van der Waals surface area (Å²) in [6.07, 6.45) is 0.0925. The van der Waals surface area contributed by atoms with Crippen LogP contribution in [0.3, 0.4) is 0 Å². The quantitative estimate of drug-likeness (QED) is 0.159. The van der Waals surface area contributed by atoms with Crippen molar-refractivity contribution in [2.24, 2.45) is 5.73 Å². The normalized spacial score (nSPS) is 12.7. The fraction of sp³-hybridized carbons (Fsp3) is 0.257. The molecule has 5 N–H and O–H groups in total. The summed E-state index contributed by atoms with van der Waals surface area (Å²) in [7, 11) is 1.53. The Labute approximate surface area is 277 Å². The number of carboxylic acid groups (broad SMARTS) is 1. The molecular formula is C35H36ClN5O6. The number of para-hydroxylation sites is 1. The van der Waals surface area contributed by atoms with Gasteiger partial charge in [0, 0.05) is 34.1 Å². The maximum Gasteiger partial charge on any atom is 0.404 e. The molecule has 2 heterocycles. The van der Waals surface area contributed by atoms with Crippen molar-refractivity contribution >= 4 is 41.1 Å². The number of unbranched alkanes of at least 4 members (excludes halogenated alkanes) is 1. The van der Waals surface area contributed by atoms with Gasteiger partial charge in [-0.2, -0.15) is 0 Å². The first-order valence-electron chi connectivity index (χ1n) is 15.2. The predicted octanol–water partition coefficient (Wildman–Crippen LogP) is 5.36. The molecule has 0 aliphatic carbocycles. The van der Waals surface area contributed by atoms with E-state index in [1.165, 1.54) is 7.11 Å². The molecule has 1 aliphatic heterocycles. The Morgan fingerprint density at radius 1 is 1.00 bits per heavy atom. The molecule has 0 fully saturated rings. The Kier molecular flexibility index (Phi) is 10.2. The molecule has 12 heteroatoms. The number of hydrogen-bond acceptors (Lipinski definition) is 5. The summed E-state index contributed by atoms with van der Waals surface area (Å²) in [5.74, 6) is -1.06. The minimum Gasteiger partial charge on any atom is -0.496 e. The summed E-state index contributed by atoms with van der Waals surface area (Å²) in [6.45, 7) is 2.56. The Morgan fingerprint density at radius 2 is 1.72 bits per heavy atom. The summed E-state index contributed by atoms with van der Waals surface area (Å²) in [4.78, 5) is 52.4. The van der Waals surface area contributed by atoms with Crippen LogP contribution in [0.1, 0.15) is 56.9 Å². The number of hydrogen-bond donors (Lipinski definition) is 4. The Morgan fingerprint density at radius 3 is 2.43 bits per heavy atom. The molecule has 1 aliphatic rings. The van der Waals surface area contributed by atoms with Crippen LogP contribution in [-0.4, -0.2) is 53.2 Å². The van der Waals surface area contributed by atoms with Crippen LogP contribution < -0.4 is 26.0 Å². The zero-order chi connectivity index (χ0) is 33.7. The lowest BCUT2D eigenvalue weighted by atomic mass is 9.96. The van der Waals surface area contributed by atoms with E-state index in [0.29, 0.717) is 52.8 Å². The Hall–Kier alpha value is -5.29. The minimum atomic E-state index is -1.13. The van der Waals surface area contributed by atoms with Gasteiger partial charge in [-0.1, -0.05) is 60.1 Å². The number of ether oxygens (including phenoxy) is 1. The molecule has 0 radical (unpaired) electrons. The van der Waals surface area contributed by atoms with Crippen molar-refractivity contribution < 1.29 is 29.0 Å². The number of fused-ring (bicyclic) bond motifs is 2. The first kappa shape index (κ1) is 33.1. The highest BCUT2D eigenvalue weighted by atomic mass is 35.5. The SMILES string of the molecule is COc1c(C(=O)N2Cc3ccc(C(=O)N[C@@H](CCCCNC(=O)O)C(N)=O)n3Cc3ccccc32)cc(Cl)c(-c2ccccc2)c1C. The van der Waals surface area contributed by atoms with Crippen molar-refractivity contribution in [1.82, 2.24) is 15.2 Å². The van der Waals surface area contributed by atoms with Gasteiger partial charge in [-0.15, -0.1) is 0 Å². The van der Waals surface area contributed by atoms with Crippen LogP contribution in [0.5, 0.6) is 5.75 Å². The van der Waals surface area contributed by atoms with Crippen LogP contribution >= 0.6 is 11.6 Å². The van der Waals surface area contributed by atoms with Crippen molar-refractivity contribution in [2.75, 3.05) is 18.6 Å². The van der Waals surface area contributed by atoms with E-state index in [1.54, 1.807) is 23.1 Å². The molecule has 1 atom stereocenters. The first-order valence-corrected chi connectivity index (χ1v) is 15.6. The number of methoxy groups -OCH3 is 1. The lowest BCUT2D eigenvalue weighted by Crippen LogP contribution is -2.45. The number of nitrogens with two attached hydrogens (primary N) is 1. The Bertz CT molecular complexity index is 1820. The molecule has 3 aromatic carbocycles. The van der Waals surface area contributed by atoms with Crippen molar-refractivity contribution in [2.45, 2.75) is 45.3 Å². The maximum absolute atomic E-state index is 14.4. The van der Waals surface area contributed by atoms with E-state index in [1.807, 2.05) is 66.1 Å². The highest BCUT2D eigenvalue weighted by Gasteiger charge is 2.31. The van der Waals surface area contributed by atoms with E-state index in [0.717, 1.165) is 22.3 Å². The fourth-order valence-electron chi connectivity index (χ4n) is 6.01. The van der Waals surface area contributed by atoms with Crippen molar-refractivity contribution in [3.63, 3.8) is 0 Å². The molecule has 0 bridgehead atoms. The molecule has 244 valence electrons. The van der Waals surface area contributed by atoms with Crippen molar-refractivity contribution in [3.8, 4) is 16.9 Å². The smallest absolute Gasteiger partial charge is 0.404 e. The highest BCUT2D eigenvalue weighted by Crippen LogP contribution is 2.40. The van der Waals surface area contributed by atoms with Crippen molar-refractivity contribution in [1.29, 1.82) is 0 Å². The monoisotopic (exact) mass is 657 g/mol. The van der Waals surface area contributed by atoms with Gasteiger partial charge in [-0.3, -0.25) is 14.4 Å². The van der Waals surface area contributed by atoms with Gasteiger partial charge < -0.3 is 35.7 Å². The molecule has 47 heavy (non-hydrogen) atoms.